The average molecular weight is 377 g/mol. The topological polar surface area (TPSA) is 54.0 Å². The Hall–Kier alpha value is -0.733. The number of benzene rings is 1. The molecule has 5 nitrogen and oxygen atoms in total. The summed E-state index contributed by atoms with van der Waals surface area (Å²) in [5.74, 6) is 0.469. The summed E-state index contributed by atoms with van der Waals surface area (Å²) in [6.45, 7) is 5.32. The molecule has 0 saturated carbocycles. The molecule has 0 bridgehead atoms. The highest BCUT2D eigenvalue weighted by Crippen LogP contribution is 2.31. The van der Waals surface area contributed by atoms with Crippen molar-refractivity contribution in [3.63, 3.8) is 0 Å². The molecule has 21 heavy (non-hydrogen) atoms. The molecule has 0 aliphatic rings. The smallest absolute Gasteiger partial charge is 0.490 e. The summed E-state index contributed by atoms with van der Waals surface area (Å²) in [7, 11) is 1.54. The van der Waals surface area contributed by atoms with Crippen LogP contribution >= 0.6 is 15.9 Å². The van der Waals surface area contributed by atoms with E-state index in [4.69, 9.17) is 18.0 Å². The molecular formula is C14H21BrO5Si. The van der Waals surface area contributed by atoms with Crippen molar-refractivity contribution in [2.75, 3.05) is 21.3 Å². The van der Waals surface area contributed by atoms with Gasteiger partial charge in [-0.2, -0.15) is 0 Å². The van der Waals surface area contributed by atoms with E-state index in [9.17, 15) is 4.79 Å². The van der Waals surface area contributed by atoms with Crippen LogP contribution in [0, 0.1) is 0 Å². The van der Waals surface area contributed by atoms with Crippen molar-refractivity contribution >= 4 is 35.7 Å². The van der Waals surface area contributed by atoms with Gasteiger partial charge in [-0.1, -0.05) is 6.07 Å². The molecule has 7 heteroatoms. The second-order valence-corrected chi connectivity index (χ2v) is 8.36. The Labute approximate surface area is 135 Å². The largest absolute Gasteiger partial charge is 0.540 e. The Kier molecular flexibility index (Phi) is 6.55. The number of ketones is 1. The van der Waals surface area contributed by atoms with Gasteiger partial charge in [-0.05, 0) is 42.8 Å². The lowest BCUT2D eigenvalue weighted by Crippen LogP contribution is -2.55. The molecule has 0 aromatic heterocycles. The van der Waals surface area contributed by atoms with E-state index in [1.165, 1.54) is 28.3 Å². The van der Waals surface area contributed by atoms with E-state index in [0.717, 1.165) is 0 Å². The lowest BCUT2D eigenvalue weighted by atomic mass is 10.1. The number of carbonyl (C=O) groups excluding carboxylic acids is 1. The number of rotatable bonds is 7. The molecule has 0 N–H and O–H groups in total. The molecule has 1 aromatic carbocycles. The van der Waals surface area contributed by atoms with Crippen LogP contribution in [0.3, 0.4) is 0 Å². The number of hydrogen-bond acceptors (Lipinski definition) is 5. The monoisotopic (exact) mass is 376 g/mol. The lowest BCUT2D eigenvalue weighted by Gasteiger charge is -2.28. The maximum Gasteiger partial charge on any atom is 0.540 e. The second-order valence-electron chi connectivity index (χ2n) is 4.70. The third-order valence-electron chi connectivity index (χ3n) is 2.97. The third kappa shape index (κ3) is 3.73. The van der Waals surface area contributed by atoms with Crippen LogP contribution < -0.4 is 9.92 Å². The zero-order chi connectivity index (χ0) is 16.2. The Balaban J connectivity index is 3.58. The summed E-state index contributed by atoms with van der Waals surface area (Å²) in [6, 6.07) is 3.48. The van der Waals surface area contributed by atoms with Gasteiger partial charge in [0.25, 0.3) is 0 Å². The highest BCUT2D eigenvalue weighted by molar-refractivity contribution is 9.10. The molecule has 118 valence electrons. The molecule has 0 amide bonds. The number of halogens is 1. The van der Waals surface area contributed by atoms with Crippen molar-refractivity contribution < 1.29 is 22.8 Å². The number of carbonyl (C=O) groups is 1. The highest BCUT2D eigenvalue weighted by atomic mass is 79.9. The summed E-state index contributed by atoms with van der Waals surface area (Å²) < 4.78 is 23.0. The van der Waals surface area contributed by atoms with Crippen molar-refractivity contribution in [1.82, 2.24) is 0 Å². The fourth-order valence-corrected chi connectivity index (χ4v) is 4.81. The fraction of sp³-hybridized carbons (Fsp3) is 0.500. The minimum Gasteiger partial charge on any atom is -0.490 e. The molecule has 0 spiro atoms. The summed E-state index contributed by atoms with van der Waals surface area (Å²) in [5.41, 5.74) is 0.542. The van der Waals surface area contributed by atoms with Crippen LogP contribution in [0.15, 0.2) is 16.6 Å². The Morgan fingerprint density at radius 3 is 2.05 bits per heavy atom. The van der Waals surface area contributed by atoms with Crippen LogP contribution in [0.4, 0.5) is 0 Å². The van der Waals surface area contributed by atoms with Gasteiger partial charge in [-0.3, -0.25) is 4.79 Å². The Morgan fingerprint density at radius 1 is 1.14 bits per heavy atom. The normalized spacial score (nSPS) is 11.8. The molecule has 1 rings (SSSR count). The SMILES string of the molecule is CO[Si](OC)(OC)c1ccc(C(C)=O)c(Br)c1OC(C)C. The van der Waals surface area contributed by atoms with Gasteiger partial charge in [-0.25, -0.2) is 0 Å². The molecule has 0 atom stereocenters. The van der Waals surface area contributed by atoms with Crippen molar-refractivity contribution in [2.45, 2.75) is 26.9 Å². The predicted molar refractivity (Wildman–Crippen MR) is 86.3 cm³/mol. The first-order valence-corrected chi connectivity index (χ1v) is 9.00. The van der Waals surface area contributed by atoms with Gasteiger partial charge in [0.05, 0.1) is 15.8 Å². The van der Waals surface area contributed by atoms with E-state index in [1.807, 2.05) is 13.8 Å². The summed E-state index contributed by atoms with van der Waals surface area (Å²) in [4.78, 5) is 11.7. The minimum absolute atomic E-state index is 0.0541. The molecule has 1 aromatic rings. The number of ether oxygens (including phenoxy) is 1. The summed E-state index contributed by atoms with van der Waals surface area (Å²) in [5, 5.41) is 0.681. The maximum atomic E-state index is 11.7. The maximum absolute atomic E-state index is 11.7. The van der Waals surface area contributed by atoms with Crippen LogP contribution in [0.5, 0.6) is 5.75 Å². The quantitative estimate of drug-likeness (QED) is 0.540. The van der Waals surface area contributed by atoms with Gasteiger partial charge in [-0.15, -0.1) is 0 Å². The van der Waals surface area contributed by atoms with Crippen molar-refractivity contribution in [3.05, 3.63) is 22.2 Å². The van der Waals surface area contributed by atoms with Crippen LogP contribution in [0.1, 0.15) is 31.1 Å². The van der Waals surface area contributed by atoms with Gasteiger partial charge < -0.3 is 18.0 Å². The zero-order valence-corrected chi connectivity index (χ0v) is 15.7. The molecule has 0 fully saturated rings. The summed E-state index contributed by atoms with van der Waals surface area (Å²) in [6.07, 6.45) is -0.0699. The van der Waals surface area contributed by atoms with E-state index >= 15 is 0 Å². The van der Waals surface area contributed by atoms with Crippen molar-refractivity contribution in [2.24, 2.45) is 0 Å². The molecule has 0 unspecified atom stereocenters. The molecule has 0 aliphatic heterocycles. The third-order valence-corrected chi connectivity index (χ3v) is 6.42. The Bertz CT molecular complexity index is 506. The molecular weight excluding hydrogens is 356 g/mol. The van der Waals surface area contributed by atoms with E-state index in [0.29, 0.717) is 21.0 Å². The van der Waals surface area contributed by atoms with Crippen LogP contribution in [-0.4, -0.2) is 42.0 Å². The van der Waals surface area contributed by atoms with Gasteiger partial charge in [0.15, 0.2) is 5.78 Å². The second kappa shape index (κ2) is 7.51. The zero-order valence-electron chi connectivity index (χ0n) is 13.2. The molecule has 0 saturated heterocycles. The Morgan fingerprint density at radius 2 is 1.67 bits per heavy atom. The van der Waals surface area contributed by atoms with Gasteiger partial charge in [0, 0.05) is 26.9 Å². The van der Waals surface area contributed by atoms with Crippen LogP contribution in [-0.2, 0) is 13.3 Å². The van der Waals surface area contributed by atoms with E-state index in [2.05, 4.69) is 15.9 Å². The van der Waals surface area contributed by atoms with Crippen molar-refractivity contribution in [1.29, 1.82) is 0 Å². The summed E-state index contributed by atoms with van der Waals surface area (Å²) >= 11 is 3.45. The van der Waals surface area contributed by atoms with Gasteiger partial charge in [0.1, 0.15) is 5.75 Å². The fourth-order valence-electron chi connectivity index (χ4n) is 2.00. The first-order valence-electron chi connectivity index (χ1n) is 6.49. The number of Topliss-reactive ketones (excluding diaryl/α,β-unsaturated/α-hetero) is 1. The molecule has 0 aliphatic carbocycles. The van der Waals surface area contributed by atoms with Crippen LogP contribution in [0.25, 0.3) is 0 Å². The first-order chi connectivity index (χ1) is 9.82. The predicted octanol–water partition coefficient (Wildman–Crippen LogP) is 2.52. The number of hydrogen-bond donors (Lipinski definition) is 0. The molecule has 0 radical (unpaired) electrons. The van der Waals surface area contributed by atoms with E-state index in [1.54, 1.807) is 12.1 Å². The highest BCUT2D eigenvalue weighted by Gasteiger charge is 2.44. The van der Waals surface area contributed by atoms with E-state index in [-0.39, 0.29) is 11.9 Å². The van der Waals surface area contributed by atoms with Crippen molar-refractivity contribution in [3.8, 4) is 5.75 Å². The standard InChI is InChI=1S/C14H21BrO5Si/c1-9(2)20-14-12(21(17-4,18-5)19-6)8-7-11(10(3)16)13(14)15/h7-9H,1-6H3. The minimum atomic E-state index is -3.06. The molecule has 0 heterocycles. The van der Waals surface area contributed by atoms with Crippen LogP contribution in [0.2, 0.25) is 0 Å². The average Bonchev–Trinajstić information content (AvgIpc) is 2.43. The van der Waals surface area contributed by atoms with Gasteiger partial charge >= 0.3 is 8.80 Å². The lowest BCUT2D eigenvalue weighted by molar-refractivity contribution is 0.101. The first kappa shape index (κ1) is 18.3. The van der Waals surface area contributed by atoms with E-state index < -0.39 is 8.80 Å². The van der Waals surface area contributed by atoms with Gasteiger partial charge in [0.2, 0.25) is 0 Å².